The highest BCUT2D eigenvalue weighted by Crippen LogP contribution is 2.42. The third-order valence-corrected chi connectivity index (χ3v) is 7.08. The first-order valence-electron chi connectivity index (χ1n) is 8.84. The average molecular weight is 469 g/mol. The molecule has 0 aromatic heterocycles. The summed E-state index contributed by atoms with van der Waals surface area (Å²) in [7, 11) is -2.59. The van der Waals surface area contributed by atoms with Gasteiger partial charge in [-0.3, -0.25) is 9.10 Å². The average Bonchev–Trinajstić information content (AvgIpc) is 2.73. The highest BCUT2D eigenvalue weighted by molar-refractivity contribution is 9.10. The zero-order chi connectivity index (χ0) is 20.6. The number of fused-ring (bicyclic) bond motifs is 1. The molecule has 3 aromatic rings. The van der Waals surface area contributed by atoms with Crippen molar-refractivity contribution < 1.29 is 13.2 Å². The Morgan fingerprint density at radius 3 is 2.21 bits per heavy atom. The first-order chi connectivity index (χ1) is 13.9. The number of hydrogen-bond acceptors (Lipinski definition) is 3. The summed E-state index contributed by atoms with van der Waals surface area (Å²) in [5.74, 6) is -0.674. The van der Waals surface area contributed by atoms with Crippen LogP contribution in [0, 0.1) is 0 Å². The fourth-order valence-electron chi connectivity index (χ4n) is 3.32. The quantitative estimate of drug-likeness (QED) is 0.609. The minimum absolute atomic E-state index is 0.271. The molecule has 3 aromatic carbocycles. The Labute approximate surface area is 177 Å². The van der Waals surface area contributed by atoms with Gasteiger partial charge in [-0.15, -0.1) is 0 Å². The van der Waals surface area contributed by atoms with Crippen molar-refractivity contribution in [1.82, 2.24) is 0 Å². The first-order valence-corrected chi connectivity index (χ1v) is 11.1. The summed E-state index contributed by atoms with van der Waals surface area (Å²) in [6, 6.07) is 23.2. The SMILES string of the molecule is CN1c2ccccc2C(c2ccccc2)=C(C(=O)Nc2ccc(Br)cc2)S1(=O)=O. The Morgan fingerprint density at radius 1 is 0.897 bits per heavy atom. The monoisotopic (exact) mass is 468 g/mol. The summed E-state index contributed by atoms with van der Waals surface area (Å²) in [6.07, 6.45) is 0. The minimum Gasteiger partial charge on any atom is -0.321 e. The van der Waals surface area contributed by atoms with Crippen molar-refractivity contribution in [2.75, 3.05) is 16.7 Å². The number of amides is 1. The van der Waals surface area contributed by atoms with Crippen molar-refractivity contribution in [3.05, 3.63) is 99.4 Å². The zero-order valence-electron chi connectivity index (χ0n) is 15.5. The number of benzene rings is 3. The molecule has 5 nitrogen and oxygen atoms in total. The molecule has 0 unspecified atom stereocenters. The number of sulfonamides is 1. The molecule has 0 atom stereocenters. The maximum atomic E-state index is 13.3. The molecule has 1 N–H and O–H groups in total. The number of halogens is 1. The second-order valence-corrected chi connectivity index (χ2v) is 9.34. The summed E-state index contributed by atoms with van der Waals surface area (Å²) in [4.78, 5) is 13.0. The standard InChI is InChI=1S/C22H17BrN2O3S/c1-25-19-10-6-5-9-18(19)20(15-7-3-2-4-8-15)21(29(25,27)28)22(26)24-17-13-11-16(23)12-14-17/h2-14H,1H3,(H,24,26). The van der Waals surface area contributed by atoms with E-state index in [0.29, 0.717) is 28.1 Å². The van der Waals surface area contributed by atoms with Crippen molar-refractivity contribution >= 4 is 48.8 Å². The maximum absolute atomic E-state index is 13.3. The van der Waals surface area contributed by atoms with E-state index in [2.05, 4.69) is 21.2 Å². The van der Waals surface area contributed by atoms with E-state index in [4.69, 9.17) is 0 Å². The topological polar surface area (TPSA) is 66.5 Å². The molecule has 1 aliphatic rings. The molecule has 0 bridgehead atoms. The van der Waals surface area contributed by atoms with E-state index < -0.39 is 15.9 Å². The van der Waals surface area contributed by atoms with Crippen LogP contribution >= 0.6 is 15.9 Å². The third-order valence-electron chi connectivity index (χ3n) is 4.73. The second kappa shape index (κ2) is 7.50. The van der Waals surface area contributed by atoms with Gasteiger partial charge in [0, 0.05) is 28.3 Å². The lowest BCUT2D eigenvalue weighted by atomic mass is 9.95. The Hall–Kier alpha value is -2.90. The lowest BCUT2D eigenvalue weighted by Gasteiger charge is -2.30. The molecule has 0 aliphatic carbocycles. The van der Waals surface area contributed by atoms with Gasteiger partial charge in [-0.05, 0) is 35.9 Å². The molecule has 1 aliphatic heterocycles. The van der Waals surface area contributed by atoms with E-state index in [1.54, 1.807) is 48.5 Å². The predicted octanol–water partition coefficient (Wildman–Crippen LogP) is 4.63. The van der Waals surface area contributed by atoms with Crippen LogP contribution in [0.1, 0.15) is 11.1 Å². The molecule has 0 radical (unpaired) electrons. The van der Waals surface area contributed by atoms with E-state index in [0.717, 1.165) is 8.78 Å². The summed E-state index contributed by atoms with van der Waals surface area (Å²) in [5.41, 5.74) is 2.80. The molecule has 0 saturated carbocycles. The smallest absolute Gasteiger partial charge is 0.270 e. The van der Waals surface area contributed by atoms with Crippen LogP contribution in [0.5, 0.6) is 0 Å². The molecule has 0 fully saturated rings. The van der Waals surface area contributed by atoms with Crippen LogP contribution in [0.2, 0.25) is 0 Å². The highest BCUT2D eigenvalue weighted by Gasteiger charge is 2.39. The number of anilines is 2. The number of rotatable bonds is 3. The second-order valence-electron chi connectivity index (χ2n) is 6.52. The summed E-state index contributed by atoms with van der Waals surface area (Å²) in [5, 5.41) is 2.72. The fraction of sp³-hybridized carbons (Fsp3) is 0.0455. The van der Waals surface area contributed by atoms with Crippen LogP contribution in [-0.4, -0.2) is 21.4 Å². The van der Waals surface area contributed by atoms with Crippen LogP contribution in [-0.2, 0) is 14.8 Å². The van der Waals surface area contributed by atoms with Crippen molar-refractivity contribution in [3.63, 3.8) is 0 Å². The Balaban J connectivity index is 1.95. The van der Waals surface area contributed by atoms with E-state index in [-0.39, 0.29) is 4.91 Å². The normalized spacial score (nSPS) is 15.0. The summed E-state index contributed by atoms with van der Waals surface area (Å²) < 4.78 is 28.7. The first kappa shape index (κ1) is 19.4. The van der Waals surface area contributed by atoms with Gasteiger partial charge in [-0.2, -0.15) is 0 Å². The van der Waals surface area contributed by atoms with Crippen LogP contribution < -0.4 is 9.62 Å². The van der Waals surface area contributed by atoms with Gasteiger partial charge in [0.05, 0.1) is 5.69 Å². The molecule has 146 valence electrons. The van der Waals surface area contributed by atoms with Crippen LogP contribution in [0.4, 0.5) is 11.4 Å². The molecule has 0 saturated heterocycles. The van der Waals surface area contributed by atoms with Gasteiger partial charge >= 0.3 is 0 Å². The number of para-hydroxylation sites is 1. The molecule has 0 spiro atoms. The van der Waals surface area contributed by atoms with Crippen molar-refractivity contribution in [2.24, 2.45) is 0 Å². The maximum Gasteiger partial charge on any atom is 0.270 e. The largest absolute Gasteiger partial charge is 0.321 e. The molecular weight excluding hydrogens is 452 g/mol. The fourth-order valence-corrected chi connectivity index (χ4v) is 5.05. The number of carbonyl (C=O) groups excluding carboxylic acids is 1. The Kier molecular flexibility index (Phi) is 5.02. The van der Waals surface area contributed by atoms with E-state index >= 15 is 0 Å². The van der Waals surface area contributed by atoms with E-state index in [1.165, 1.54) is 7.05 Å². The Bertz CT molecular complexity index is 1220. The van der Waals surface area contributed by atoms with Gasteiger partial charge in [0.2, 0.25) is 0 Å². The number of carbonyl (C=O) groups is 1. The predicted molar refractivity (Wildman–Crippen MR) is 119 cm³/mol. The molecule has 29 heavy (non-hydrogen) atoms. The molecule has 4 rings (SSSR count). The molecule has 1 heterocycles. The van der Waals surface area contributed by atoms with Crippen molar-refractivity contribution in [3.8, 4) is 0 Å². The van der Waals surface area contributed by atoms with E-state index in [1.807, 2.05) is 30.3 Å². The molecule has 1 amide bonds. The van der Waals surface area contributed by atoms with Gasteiger partial charge in [0.15, 0.2) is 4.91 Å². The van der Waals surface area contributed by atoms with Gasteiger partial charge in [-0.1, -0.05) is 64.5 Å². The molecule has 7 heteroatoms. The van der Waals surface area contributed by atoms with Gasteiger partial charge in [-0.25, -0.2) is 8.42 Å². The van der Waals surface area contributed by atoms with Crippen LogP contribution in [0.25, 0.3) is 5.57 Å². The van der Waals surface area contributed by atoms with Crippen LogP contribution in [0.3, 0.4) is 0 Å². The van der Waals surface area contributed by atoms with Gasteiger partial charge in [0.25, 0.3) is 15.9 Å². The highest BCUT2D eigenvalue weighted by atomic mass is 79.9. The van der Waals surface area contributed by atoms with Gasteiger partial charge < -0.3 is 5.32 Å². The van der Waals surface area contributed by atoms with Crippen molar-refractivity contribution in [1.29, 1.82) is 0 Å². The number of nitrogens with one attached hydrogen (secondary N) is 1. The van der Waals surface area contributed by atoms with E-state index in [9.17, 15) is 13.2 Å². The van der Waals surface area contributed by atoms with Crippen LogP contribution in [0.15, 0.2) is 88.2 Å². The summed E-state index contributed by atoms with van der Waals surface area (Å²) >= 11 is 3.35. The summed E-state index contributed by atoms with van der Waals surface area (Å²) in [6.45, 7) is 0. The minimum atomic E-state index is -4.05. The number of hydrogen-bond donors (Lipinski definition) is 1. The zero-order valence-corrected chi connectivity index (χ0v) is 17.9. The van der Waals surface area contributed by atoms with Gasteiger partial charge in [0.1, 0.15) is 0 Å². The third kappa shape index (κ3) is 3.47. The lowest BCUT2D eigenvalue weighted by molar-refractivity contribution is -0.112. The lowest BCUT2D eigenvalue weighted by Crippen LogP contribution is -2.37. The Morgan fingerprint density at radius 2 is 1.52 bits per heavy atom. The molecular formula is C22H17BrN2O3S. The van der Waals surface area contributed by atoms with Crippen molar-refractivity contribution in [2.45, 2.75) is 0 Å². The number of nitrogens with zero attached hydrogens (tertiary/aromatic N) is 1.